The Morgan fingerprint density at radius 2 is 2.26 bits per heavy atom. The number of aromatic nitrogens is 3. The number of anilines is 2. The van der Waals surface area contributed by atoms with Gasteiger partial charge in [0.15, 0.2) is 11.6 Å². The standard InChI is InChI=1S/C16H20FN5O/c1-11-6-15(21-10-20-11)22-9-13(23-2)7-12(22)8-19-16-14(17)4-3-5-18-16/h3-6,10,12-13H,7-9H2,1-2H3,(H,18,19)/t12-,13-/m0/s1. The highest BCUT2D eigenvalue weighted by Gasteiger charge is 2.33. The maximum atomic E-state index is 13.7. The van der Waals surface area contributed by atoms with Gasteiger partial charge < -0.3 is 15.0 Å². The molecule has 0 aromatic carbocycles. The molecule has 0 spiro atoms. The highest BCUT2D eigenvalue weighted by atomic mass is 19.1. The number of aryl methyl sites for hydroxylation is 1. The molecular formula is C16H20FN5O. The van der Waals surface area contributed by atoms with E-state index in [-0.39, 0.29) is 23.8 Å². The molecular weight excluding hydrogens is 297 g/mol. The Bertz CT molecular complexity index is 668. The van der Waals surface area contributed by atoms with Crippen LogP contribution in [0.2, 0.25) is 0 Å². The lowest BCUT2D eigenvalue weighted by Crippen LogP contribution is -2.36. The van der Waals surface area contributed by atoms with E-state index in [4.69, 9.17) is 4.74 Å². The minimum Gasteiger partial charge on any atom is -0.380 e. The number of methoxy groups -OCH3 is 1. The van der Waals surface area contributed by atoms with E-state index < -0.39 is 0 Å². The largest absolute Gasteiger partial charge is 0.380 e. The molecule has 2 aromatic heterocycles. The smallest absolute Gasteiger partial charge is 0.165 e. The van der Waals surface area contributed by atoms with Crippen molar-refractivity contribution in [3.63, 3.8) is 0 Å². The van der Waals surface area contributed by atoms with Crippen LogP contribution in [0.25, 0.3) is 0 Å². The molecule has 6 nitrogen and oxygen atoms in total. The van der Waals surface area contributed by atoms with Gasteiger partial charge in [0.1, 0.15) is 12.1 Å². The van der Waals surface area contributed by atoms with Gasteiger partial charge in [-0.1, -0.05) is 0 Å². The third-order valence-electron chi connectivity index (χ3n) is 4.06. The molecule has 0 amide bonds. The predicted octanol–water partition coefficient (Wildman–Crippen LogP) is 2.02. The number of pyridine rings is 1. The van der Waals surface area contributed by atoms with Crippen LogP contribution in [0.3, 0.4) is 0 Å². The normalized spacial score (nSPS) is 20.7. The molecule has 0 bridgehead atoms. The first kappa shape index (κ1) is 15.6. The summed E-state index contributed by atoms with van der Waals surface area (Å²) in [7, 11) is 1.71. The second-order valence-corrected chi connectivity index (χ2v) is 5.63. The quantitative estimate of drug-likeness (QED) is 0.910. The van der Waals surface area contributed by atoms with Crippen LogP contribution in [0, 0.1) is 12.7 Å². The molecule has 23 heavy (non-hydrogen) atoms. The second-order valence-electron chi connectivity index (χ2n) is 5.63. The monoisotopic (exact) mass is 317 g/mol. The average Bonchev–Trinajstić information content (AvgIpc) is 2.97. The maximum Gasteiger partial charge on any atom is 0.165 e. The fraction of sp³-hybridized carbons (Fsp3) is 0.438. The molecule has 122 valence electrons. The van der Waals surface area contributed by atoms with Crippen LogP contribution in [0.15, 0.2) is 30.7 Å². The molecule has 1 N–H and O–H groups in total. The zero-order valence-electron chi connectivity index (χ0n) is 13.2. The van der Waals surface area contributed by atoms with E-state index in [1.54, 1.807) is 25.7 Å². The van der Waals surface area contributed by atoms with E-state index in [1.165, 1.54) is 6.07 Å². The highest BCUT2D eigenvalue weighted by Crippen LogP contribution is 2.26. The third-order valence-corrected chi connectivity index (χ3v) is 4.06. The van der Waals surface area contributed by atoms with Crippen molar-refractivity contribution in [2.24, 2.45) is 0 Å². The Kier molecular flexibility index (Phi) is 4.66. The Balaban J connectivity index is 1.74. The minimum absolute atomic E-state index is 0.130. The van der Waals surface area contributed by atoms with Gasteiger partial charge in [-0.25, -0.2) is 19.3 Å². The summed E-state index contributed by atoms with van der Waals surface area (Å²) < 4.78 is 19.2. The summed E-state index contributed by atoms with van der Waals surface area (Å²) in [6.07, 6.45) is 4.11. The molecule has 2 atom stereocenters. The van der Waals surface area contributed by atoms with E-state index in [0.717, 1.165) is 24.5 Å². The van der Waals surface area contributed by atoms with Crippen molar-refractivity contribution in [1.29, 1.82) is 0 Å². The number of hydrogen-bond acceptors (Lipinski definition) is 6. The fourth-order valence-corrected chi connectivity index (χ4v) is 2.85. The molecule has 1 saturated heterocycles. The first-order valence-electron chi connectivity index (χ1n) is 7.60. The number of nitrogens with one attached hydrogen (secondary N) is 1. The van der Waals surface area contributed by atoms with Crippen molar-refractivity contribution >= 4 is 11.6 Å². The van der Waals surface area contributed by atoms with Crippen LogP contribution in [-0.4, -0.2) is 47.3 Å². The van der Waals surface area contributed by atoms with Gasteiger partial charge in [-0.15, -0.1) is 0 Å². The van der Waals surface area contributed by atoms with Crippen molar-refractivity contribution < 1.29 is 9.13 Å². The first-order valence-corrected chi connectivity index (χ1v) is 7.60. The molecule has 3 rings (SSSR count). The van der Waals surface area contributed by atoms with Gasteiger partial charge in [0.05, 0.1) is 12.1 Å². The van der Waals surface area contributed by atoms with Gasteiger partial charge in [-0.3, -0.25) is 0 Å². The Morgan fingerprint density at radius 3 is 3.00 bits per heavy atom. The number of hydrogen-bond donors (Lipinski definition) is 1. The number of nitrogens with zero attached hydrogens (tertiary/aromatic N) is 4. The molecule has 2 aromatic rings. The number of rotatable bonds is 5. The topological polar surface area (TPSA) is 63.2 Å². The number of halogens is 1. The zero-order chi connectivity index (χ0) is 16.2. The Morgan fingerprint density at radius 1 is 1.39 bits per heavy atom. The molecule has 0 radical (unpaired) electrons. The van der Waals surface area contributed by atoms with E-state index in [1.807, 2.05) is 13.0 Å². The summed E-state index contributed by atoms with van der Waals surface area (Å²) in [5.74, 6) is 0.788. The van der Waals surface area contributed by atoms with Gasteiger partial charge >= 0.3 is 0 Å². The van der Waals surface area contributed by atoms with Gasteiger partial charge in [-0.05, 0) is 25.5 Å². The summed E-state index contributed by atoms with van der Waals surface area (Å²) in [6.45, 7) is 3.26. The Hall–Kier alpha value is -2.28. The van der Waals surface area contributed by atoms with E-state index in [9.17, 15) is 4.39 Å². The SMILES string of the molecule is CO[C@H]1C[C@@H](CNc2ncccc2F)N(c2cc(C)ncn2)C1. The summed E-state index contributed by atoms with van der Waals surface area (Å²) in [6, 6.07) is 5.07. The second kappa shape index (κ2) is 6.87. The van der Waals surface area contributed by atoms with E-state index >= 15 is 0 Å². The van der Waals surface area contributed by atoms with Crippen molar-refractivity contribution in [1.82, 2.24) is 15.0 Å². The van der Waals surface area contributed by atoms with Crippen LogP contribution in [0.5, 0.6) is 0 Å². The van der Waals surface area contributed by atoms with Crippen molar-refractivity contribution in [2.75, 3.05) is 30.4 Å². The van der Waals surface area contributed by atoms with E-state index in [0.29, 0.717) is 6.54 Å². The van der Waals surface area contributed by atoms with Crippen LogP contribution >= 0.6 is 0 Å². The molecule has 1 aliphatic heterocycles. The fourth-order valence-electron chi connectivity index (χ4n) is 2.85. The molecule has 1 fully saturated rings. The number of ether oxygens (including phenoxy) is 1. The first-order chi connectivity index (χ1) is 11.2. The lowest BCUT2D eigenvalue weighted by atomic mass is 10.2. The minimum atomic E-state index is -0.349. The molecule has 0 aliphatic carbocycles. The van der Waals surface area contributed by atoms with Crippen LogP contribution in [0.4, 0.5) is 16.0 Å². The predicted molar refractivity (Wildman–Crippen MR) is 86.0 cm³/mol. The van der Waals surface area contributed by atoms with Gasteiger partial charge in [0.25, 0.3) is 0 Å². The summed E-state index contributed by atoms with van der Waals surface area (Å²) >= 11 is 0. The lowest BCUT2D eigenvalue weighted by Gasteiger charge is -2.25. The summed E-state index contributed by atoms with van der Waals surface area (Å²) in [5, 5.41) is 3.09. The summed E-state index contributed by atoms with van der Waals surface area (Å²) in [5.41, 5.74) is 0.915. The van der Waals surface area contributed by atoms with Crippen molar-refractivity contribution in [2.45, 2.75) is 25.5 Å². The highest BCUT2D eigenvalue weighted by molar-refractivity contribution is 5.44. The van der Waals surface area contributed by atoms with Crippen LogP contribution in [0.1, 0.15) is 12.1 Å². The van der Waals surface area contributed by atoms with Crippen LogP contribution in [-0.2, 0) is 4.74 Å². The zero-order valence-corrected chi connectivity index (χ0v) is 13.2. The van der Waals surface area contributed by atoms with Gasteiger partial charge in [-0.2, -0.15) is 0 Å². The lowest BCUT2D eigenvalue weighted by molar-refractivity contribution is 0.118. The average molecular weight is 317 g/mol. The van der Waals surface area contributed by atoms with Crippen molar-refractivity contribution in [3.8, 4) is 0 Å². The van der Waals surface area contributed by atoms with Crippen LogP contribution < -0.4 is 10.2 Å². The van der Waals surface area contributed by atoms with Gasteiger partial charge in [0, 0.05) is 38.2 Å². The maximum absolute atomic E-state index is 13.7. The van der Waals surface area contributed by atoms with E-state index in [2.05, 4.69) is 25.2 Å². The molecule has 7 heteroatoms. The Labute approximate surface area is 134 Å². The summed E-state index contributed by atoms with van der Waals surface area (Å²) in [4.78, 5) is 14.7. The molecule has 0 unspecified atom stereocenters. The molecule has 1 aliphatic rings. The molecule has 0 saturated carbocycles. The third kappa shape index (κ3) is 3.56. The van der Waals surface area contributed by atoms with Crippen molar-refractivity contribution in [3.05, 3.63) is 42.2 Å². The van der Waals surface area contributed by atoms with Gasteiger partial charge in [0.2, 0.25) is 0 Å². The molecule has 3 heterocycles.